The number of aromatic amines is 1. The fourth-order valence-corrected chi connectivity index (χ4v) is 4.20. The number of thiophene rings is 1. The van der Waals surface area contributed by atoms with Crippen molar-refractivity contribution in [3.63, 3.8) is 0 Å². The van der Waals surface area contributed by atoms with E-state index < -0.39 is 5.67 Å². The van der Waals surface area contributed by atoms with E-state index in [0.717, 1.165) is 15.5 Å². The summed E-state index contributed by atoms with van der Waals surface area (Å²) in [6.45, 7) is 0. The quantitative estimate of drug-likeness (QED) is 0.536. The summed E-state index contributed by atoms with van der Waals surface area (Å²) in [4.78, 5) is 6.24. The maximum absolute atomic E-state index is 13.8. The van der Waals surface area contributed by atoms with Crippen molar-refractivity contribution in [1.29, 1.82) is 0 Å². The highest BCUT2D eigenvalue weighted by atomic mass is 32.2. The zero-order valence-electron chi connectivity index (χ0n) is 12.8. The van der Waals surface area contributed by atoms with Crippen molar-refractivity contribution in [1.82, 2.24) is 40.6 Å². The van der Waals surface area contributed by atoms with Crippen molar-refractivity contribution in [2.24, 2.45) is 0 Å². The third-order valence-corrected chi connectivity index (χ3v) is 6.08. The van der Waals surface area contributed by atoms with Crippen LogP contribution in [0.3, 0.4) is 0 Å². The Morgan fingerprint density at radius 2 is 2.24 bits per heavy atom. The minimum absolute atomic E-state index is 0.465. The third kappa shape index (κ3) is 2.78. The first-order valence-electron chi connectivity index (χ1n) is 7.56. The number of hydrogen-bond acceptors (Lipinski definition) is 8. The standard InChI is InChI=1S/C14H11FN8S2/c15-14(1-2-14)7-25-9-4-10-13(16-5-9)23(22-17-10)8-3-11(24-6-8)12-18-20-21-19-12/h3-6H,1-2,7H2,(H,18,19,20,21). The van der Waals surface area contributed by atoms with Crippen molar-refractivity contribution < 1.29 is 4.39 Å². The second-order valence-corrected chi connectivity index (χ2v) is 7.82. The van der Waals surface area contributed by atoms with Gasteiger partial charge in [-0.05, 0) is 30.2 Å². The summed E-state index contributed by atoms with van der Waals surface area (Å²) in [5.41, 5.74) is 1.18. The van der Waals surface area contributed by atoms with Crippen LogP contribution in [0, 0.1) is 0 Å². The van der Waals surface area contributed by atoms with Crippen LogP contribution >= 0.6 is 23.1 Å². The first kappa shape index (κ1) is 14.9. The SMILES string of the molecule is FC1(CSc2cnc3c(c2)nnn3-c2csc(-c3nn[nH]n3)c2)CC1. The molecule has 126 valence electrons. The lowest BCUT2D eigenvalue weighted by molar-refractivity contribution is 0.346. The molecule has 0 radical (unpaired) electrons. The Morgan fingerprint density at radius 3 is 3.04 bits per heavy atom. The zero-order valence-corrected chi connectivity index (χ0v) is 14.4. The maximum atomic E-state index is 13.8. The van der Waals surface area contributed by atoms with E-state index in [-0.39, 0.29) is 0 Å². The molecule has 0 amide bonds. The molecular weight excluding hydrogens is 363 g/mol. The Balaban J connectivity index is 1.44. The summed E-state index contributed by atoms with van der Waals surface area (Å²) >= 11 is 2.96. The molecular formula is C14H11FN8S2. The number of aromatic nitrogens is 8. The smallest absolute Gasteiger partial charge is 0.214 e. The summed E-state index contributed by atoms with van der Waals surface area (Å²) in [5, 5.41) is 24.2. The van der Waals surface area contributed by atoms with Crippen LogP contribution < -0.4 is 0 Å². The topological polar surface area (TPSA) is 98.1 Å². The zero-order chi connectivity index (χ0) is 16.9. The Kier molecular flexibility index (Phi) is 3.31. The van der Waals surface area contributed by atoms with Crippen molar-refractivity contribution in [3.05, 3.63) is 23.7 Å². The van der Waals surface area contributed by atoms with Gasteiger partial charge in [-0.3, -0.25) is 0 Å². The van der Waals surface area contributed by atoms with E-state index in [1.807, 2.05) is 17.5 Å². The highest BCUT2D eigenvalue weighted by molar-refractivity contribution is 7.99. The molecule has 0 aliphatic heterocycles. The molecule has 0 atom stereocenters. The van der Waals surface area contributed by atoms with Gasteiger partial charge < -0.3 is 0 Å². The number of rotatable bonds is 5. The molecule has 4 aromatic rings. The molecule has 1 aliphatic carbocycles. The number of fused-ring (bicyclic) bond motifs is 1. The van der Waals surface area contributed by atoms with Gasteiger partial charge in [0.25, 0.3) is 0 Å². The van der Waals surface area contributed by atoms with Crippen LogP contribution in [0.25, 0.3) is 27.6 Å². The van der Waals surface area contributed by atoms with Crippen LogP contribution in [-0.2, 0) is 0 Å². The van der Waals surface area contributed by atoms with Gasteiger partial charge in [-0.15, -0.1) is 38.4 Å². The number of H-pyrrole nitrogens is 1. The lowest BCUT2D eigenvalue weighted by Gasteiger charge is -2.04. The minimum atomic E-state index is -0.987. The van der Waals surface area contributed by atoms with Crippen molar-refractivity contribution in [3.8, 4) is 16.4 Å². The molecule has 0 aromatic carbocycles. The molecule has 5 rings (SSSR count). The molecule has 0 unspecified atom stereocenters. The first-order valence-corrected chi connectivity index (χ1v) is 9.43. The molecule has 1 N–H and O–H groups in total. The molecule has 0 spiro atoms. The molecule has 11 heteroatoms. The molecule has 1 saturated carbocycles. The Bertz CT molecular complexity index is 1040. The van der Waals surface area contributed by atoms with Gasteiger partial charge in [0.1, 0.15) is 11.2 Å². The van der Waals surface area contributed by atoms with Crippen LogP contribution in [0.15, 0.2) is 28.6 Å². The van der Waals surface area contributed by atoms with E-state index in [1.54, 1.807) is 10.9 Å². The predicted molar refractivity (Wildman–Crippen MR) is 91.5 cm³/mol. The second-order valence-electron chi connectivity index (χ2n) is 5.86. The van der Waals surface area contributed by atoms with Gasteiger partial charge in [0.2, 0.25) is 5.82 Å². The summed E-state index contributed by atoms with van der Waals surface area (Å²) in [6.07, 6.45) is 3.06. The van der Waals surface area contributed by atoms with E-state index in [0.29, 0.717) is 35.6 Å². The minimum Gasteiger partial charge on any atom is -0.243 e. The van der Waals surface area contributed by atoms with Gasteiger partial charge in [-0.1, -0.05) is 5.21 Å². The molecule has 1 aliphatic rings. The average Bonchev–Trinajstić information content (AvgIpc) is 3.12. The Morgan fingerprint density at radius 1 is 1.32 bits per heavy atom. The van der Waals surface area contributed by atoms with Crippen LogP contribution in [0.1, 0.15) is 12.8 Å². The van der Waals surface area contributed by atoms with Crippen molar-refractivity contribution in [2.45, 2.75) is 23.4 Å². The van der Waals surface area contributed by atoms with E-state index in [2.05, 4.69) is 35.9 Å². The van der Waals surface area contributed by atoms with Gasteiger partial charge in [-0.25, -0.2) is 9.37 Å². The van der Waals surface area contributed by atoms with Crippen molar-refractivity contribution >= 4 is 34.3 Å². The van der Waals surface area contributed by atoms with Gasteiger partial charge in [0.15, 0.2) is 5.65 Å². The number of tetrazole rings is 1. The molecule has 4 heterocycles. The second kappa shape index (κ2) is 5.56. The normalized spacial score (nSPS) is 15.7. The number of thioether (sulfide) groups is 1. The average molecular weight is 374 g/mol. The number of nitrogens with zero attached hydrogens (tertiary/aromatic N) is 7. The maximum Gasteiger partial charge on any atom is 0.214 e. The molecule has 4 aromatic heterocycles. The lowest BCUT2D eigenvalue weighted by Crippen LogP contribution is -2.02. The van der Waals surface area contributed by atoms with Gasteiger partial charge in [-0.2, -0.15) is 9.90 Å². The Hall–Kier alpha value is -2.40. The molecule has 8 nitrogen and oxygen atoms in total. The Labute approximate surface area is 148 Å². The molecule has 0 saturated heterocycles. The van der Waals surface area contributed by atoms with E-state index >= 15 is 0 Å². The van der Waals surface area contributed by atoms with E-state index in [9.17, 15) is 4.39 Å². The van der Waals surface area contributed by atoms with E-state index in [4.69, 9.17) is 0 Å². The van der Waals surface area contributed by atoms with Crippen LogP contribution in [-0.4, -0.2) is 52.0 Å². The lowest BCUT2D eigenvalue weighted by atomic mass is 10.4. The van der Waals surface area contributed by atoms with Crippen molar-refractivity contribution in [2.75, 3.05) is 5.75 Å². The first-order chi connectivity index (χ1) is 12.2. The van der Waals surface area contributed by atoms with Gasteiger partial charge in [0, 0.05) is 22.2 Å². The van der Waals surface area contributed by atoms with Crippen LogP contribution in [0.5, 0.6) is 0 Å². The fraction of sp³-hybridized carbons (Fsp3) is 0.286. The third-order valence-electron chi connectivity index (χ3n) is 3.95. The summed E-state index contributed by atoms with van der Waals surface area (Å²) in [6, 6.07) is 3.81. The van der Waals surface area contributed by atoms with Gasteiger partial charge in [0.05, 0.1) is 10.6 Å². The highest BCUT2D eigenvalue weighted by Crippen LogP contribution is 2.43. The fourth-order valence-electron chi connectivity index (χ4n) is 2.37. The number of halogens is 1. The number of hydrogen-bond donors (Lipinski definition) is 1. The number of alkyl halides is 1. The highest BCUT2D eigenvalue weighted by Gasteiger charge is 2.42. The predicted octanol–water partition coefficient (Wildman–Crippen LogP) is 2.65. The van der Waals surface area contributed by atoms with Gasteiger partial charge >= 0.3 is 0 Å². The van der Waals surface area contributed by atoms with Crippen LogP contribution in [0.4, 0.5) is 4.39 Å². The number of pyridine rings is 1. The van der Waals surface area contributed by atoms with Crippen LogP contribution in [0.2, 0.25) is 0 Å². The largest absolute Gasteiger partial charge is 0.243 e. The molecule has 25 heavy (non-hydrogen) atoms. The summed E-state index contributed by atoms with van der Waals surface area (Å²) in [5.74, 6) is 1.000. The molecule has 1 fully saturated rings. The monoisotopic (exact) mass is 374 g/mol. The molecule has 0 bridgehead atoms. The number of nitrogens with one attached hydrogen (secondary N) is 1. The summed E-state index contributed by atoms with van der Waals surface area (Å²) in [7, 11) is 0. The van der Waals surface area contributed by atoms with E-state index in [1.165, 1.54) is 23.1 Å². The summed E-state index contributed by atoms with van der Waals surface area (Å²) < 4.78 is 15.4.